The minimum absolute atomic E-state index is 0.149. The van der Waals surface area contributed by atoms with Crippen LogP contribution in [0.1, 0.15) is 47.2 Å². The summed E-state index contributed by atoms with van der Waals surface area (Å²) in [6.45, 7) is 5.62. The number of nitrogens with two attached hydrogens (primary N) is 1. The molecule has 0 unspecified atom stereocenters. The molecule has 166 valence electrons. The molecule has 0 bridgehead atoms. The first-order valence-electron chi connectivity index (χ1n) is 10.8. The van der Waals surface area contributed by atoms with Gasteiger partial charge in [-0.2, -0.15) is 5.10 Å². The van der Waals surface area contributed by atoms with E-state index in [9.17, 15) is 14.4 Å². The zero-order valence-electron chi connectivity index (χ0n) is 18.4. The van der Waals surface area contributed by atoms with Gasteiger partial charge in [0.15, 0.2) is 0 Å². The van der Waals surface area contributed by atoms with Gasteiger partial charge in [-0.25, -0.2) is 5.01 Å². The molecule has 0 spiro atoms. The lowest BCUT2D eigenvalue weighted by Gasteiger charge is -2.26. The van der Waals surface area contributed by atoms with Crippen molar-refractivity contribution in [3.63, 3.8) is 0 Å². The molecular formula is C24H27N5O3. The number of nitrogens with zero attached hydrogens (tertiary/aromatic N) is 3. The highest BCUT2D eigenvalue weighted by Crippen LogP contribution is 2.31. The molecule has 2 heterocycles. The van der Waals surface area contributed by atoms with E-state index >= 15 is 0 Å². The van der Waals surface area contributed by atoms with E-state index < -0.39 is 11.8 Å². The lowest BCUT2D eigenvalue weighted by molar-refractivity contribution is -0.118. The molecule has 8 nitrogen and oxygen atoms in total. The second-order valence-corrected chi connectivity index (χ2v) is 8.29. The molecule has 3 amide bonds. The van der Waals surface area contributed by atoms with Gasteiger partial charge in [0, 0.05) is 31.5 Å². The van der Waals surface area contributed by atoms with Crippen molar-refractivity contribution < 1.29 is 14.4 Å². The third kappa shape index (κ3) is 4.34. The van der Waals surface area contributed by atoms with Crippen molar-refractivity contribution in [3.05, 3.63) is 53.1 Å². The van der Waals surface area contributed by atoms with Crippen LogP contribution in [0.15, 0.2) is 41.5 Å². The molecule has 2 aliphatic heterocycles. The van der Waals surface area contributed by atoms with E-state index in [-0.39, 0.29) is 24.5 Å². The molecule has 0 saturated carbocycles. The Kier molecular flexibility index (Phi) is 5.94. The number of carbonyl (C=O) groups excluding carboxylic acids is 3. The van der Waals surface area contributed by atoms with E-state index in [2.05, 4.69) is 15.3 Å². The van der Waals surface area contributed by atoms with Crippen molar-refractivity contribution in [2.75, 3.05) is 28.3 Å². The van der Waals surface area contributed by atoms with Crippen LogP contribution >= 0.6 is 0 Å². The van der Waals surface area contributed by atoms with Crippen LogP contribution in [0.4, 0.5) is 17.1 Å². The van der Waals surface area contributed by atoms with Crippen LogP contribution < -0.4 is 21.0 Å². The molecule has 1 fully saturated rings. The quantitative estimate of drug-likeness (QED) is 0.755. The fourth-order valence-electron chi connectivity index (χ4n) is 4.07. The van der Waals surface area contributed by atoms with E-state index in [1.165, 1.54) is 5.01 Å². The van der Waals surface area contributed by atoms with Gasteiger partial charge in [-0.15, -0.1) is 0 Å². The first-order chi connectivity index (χ1) is 15.3. The summed E-state index contributed by atoms with van der Waals surface area (Å²) < 4.78 is 0. The van der Waals surface area contributed by atoms with Crippen LogP contribution in [0, 0.1) is 13.8 Å². The molecule has 3 N–H and O–H groups in total. The monoisotopic (exact) mass is 433 g/mol. The average Bonchev–Trinajstić information content (AvgIpc) is 3.30. The second kappa shape index (κ2) is 8.82. The summed E-state index contributed by atoms with van der Waals surface area (Å²) in [7, 11) is 0. The van der Waals surface area contributed by atoms with Crippen LogP contribution in [0.3, 0.4) is 0 Å². The summed E-state index contributed by atoms with van der Waals surface area (Å²) >= 11 is 0. The van der Waals surface area contributed by atoms with Crippen molar-refractivity contribution in [2.45, 2.75) is 39.5 Å². The normalized spacial score (nSPS) is 16.2. The maximum atomic E-state index is 13.1. The first-order valence-corrected chi connectivity index (χ1v) is 10.8. The lowest BCUT2D eigenvalue weighted by atomic mass is 10.1. The van der Waals surface area contributed by atoms with E-state index in [0.29, 0.717) is 16.9 Å². The number of benzene rings is 2. The summed E-state index contributed by atoms with van der Waals surface area (Å²) in [5.74, 6) is -1.10. The Balaban J connectivity index is 1.64. The van der Waals surface area contributed by atoms with Gasteiger partial charge in [0.05, 0.1) is 17.1 Å². The van der Waals surface area contributed by atoms with Crippen LogP contribution in [-0.2, 0) is 9.59 Å². The molecule has 2 aromatic carbocycles. The largest absolute Gasteiger partial charge is 0.370 e. The van der Waals surface area contributed by atoms with Crippen molar-refractivity contribution >= 4 is 40.5 Å². The number of nitrogens with one attached hydrogen (secondary N) is 1. The summed E-state index contributed by atoms with van der Waals surface area (Å²) in [5.41, 5.74) is 9.98. The third-order valence-corrected chi connectivity index (χ3v) is 5.86. The Labute approximate surface area is 187 Å². The highest BCUT2D eigenvalue weighted by Gasteiger charge is 2.27. The van der Waals surface area contributed by atoms with Crippen molar-refractivity contribution in [2.24, 2.45) is 10.8 Å². The number of carbonyl (C=O) groups is 3. The Morgan fingerprint density at radius 3 is 2.47 bits per heavy atom. The molecule has 8 heteroatoms. The molecule has 0 atom stereocenters. The van der Waals surface area contributed by atoms with Gasteiger partial charge < -0.3 is 16.0 Å². The van der Waals surface area contributed by atoms with Gasteiger partial charge >= 0.3 is 0 Å². The number of primary amides is 1. The number of amides is 3. The third-order valence-electron chi connectivity index (χ3n) is 5.86. The number of hydrogen-bond donors (Lipinski definition) is 2. The van der Waals surface area contributed by atoms with Crippen LogP contribution in [0.5, 0.6) is 0 Å². The van der Waals surface area contributed by atoms with Crippen molar-refractivity contribution in [1.82, 2.24) is 0 Å². The molecule has 2 aliphatic rings. The summed E-state index contributed by atoms with van der Waals surface area (Å²) in [4.78, 5) is 39.6. The molecule has 2 aromatic rings. The van der Waals surface area contributed by atoms with Gasteiger partial charge in [0.1, 0.15) is 5.71 Å². The molecule has 4 rings (SSSR count). The van der Waals surface area contributed by atoms with E-state index in [1.807, 2.05) is 38.1 Å². The summed E-state index contributed by atoms with van der Waals surface area (Å²) in [5, 5.41) is 8.63. The SMILES string of the molecule is Cc1ccc(C)c(N2N=C(C(=O)Nc3cc(C(N)=O)ccc3N3CCCC3)CCC2=O)c1. The molecule has 0 aliphatic carbocycles. The van der Waals surface area contributed by atoms with Gasteiger partial charge in [0.2, 0.25) is 11.8 Å². The molecular weight excluding hydrogens is 406 g/mol. The predicted octanol–water partition coefficient (Wildman–Crippen LogP) is 3.12. The molecule has 0 aromatic heterocycles. The molecule has 32 heavy (non-hydrogen) atoms. The number of anilines is 3. The Morgan fingerprint density at radius 2 is 1.75 bits per heavy atom. The standard InChI is InChI=1S/C24H27N5O3/c1-15-5-6-16(2)21(13-15)29-22(30)10-8-18(27-29)24(32)26-19-14-17(23(25)31)7-9-20(19)28-11-3-4-12-28/h5-7,9,13-14H,3-4,8,10-12H2,1-2H3,(H2,25,31)(H,26,32). The highest BCUT2D eigenvalue weighted by atomic mass is 16.2. The average molecular weight is 434 g/mol. The first kappa shape index (κ1) is 21.5. The van der Waals surface area contributed by atoms with Crippen molar-refractivity contribution in [1.29, 1.82) is 0 Å². The Bertz CT molecular complexity index is 1120. The molecule has 0 radical (unpaired) electrons. The predicted molar refractivity (Wildman–Crippen MR) is 125 cm³/mol. The van der Waals surface area contributed by atoms with Gasteiger partial charge in [-0.05, 0) is 62.1 Å². The van der Waals surface area contributed by atoms with Gasteiger partial charge in [-0.3, -0.25) is 14.4 Å². The zero-order chi connectivity index (χ0) is 22.8. The summed E-state index contributed by atoms with van der Waals surface area (Å²) in [6, 6.07) is 10.9. The topological polar surface area (TPSA) is 108 Å². The van der Waals surface area contributed by atoms with E-state index in [0.717, 1.165) is 42.7 Å². The minimum Gasteiger partial charge on any atom is -0.370 e. The van der Waals surface area contributed by atoms with Crippen molar-refractivity contribution in [3.8, 4) is 0 Å². The van der Waals surface area contributed by atoms with Crippen LogP contribution in [0.25, 0.3) is 0 Å². The second-order valence-electron chi connectivity index (χ2n) is 8.29. The Morgan fingerprint density at radius 1 is 1.00 bits per heavy atom. The van der Waals surface area contributed by atoms with Crippen LogP contribution in [-0.4, -0.2) is 36.5 Å². The fourth-order valence-corrected chi connectivity index (χ4v) is 4.07. The minimum atomic E-state index is -0.560. The van der Waals surface area contributed by atoms with E-state index in [4.69, 9.17) is 5.73 Å². The lowest BCUT2D eigenvalue weighted by Crippen LogP contribution is -2.37. The number of aryl methyl sites for hydroxylation is 2. The van der Waals surface area contributed by atoms with Crippen LogP contribution in [0.2, 0.25) is 0 Å². The van der Waals surface area contributed by atoms with Gasteiger partial charge in [0.25, 0.3) is 5.91 Å². The maximum absolute atomic E-state index is 13.1. The van der Waals surface area contributed by atoms with Gasteiger partial charge in [-0.1, -0.05) is 12.1 Å². The summed E-state index contributed by atoms with van der Waals surface area (Å²) in [6.07, 6.45) is 2.59. The maximum Gasteiger partial charge on any atom is 0.271 e. The highest BCUT2D eigenvalue weighted by molar-refractivity contribution is 6.44. The zero-order valence-corrected chi connectivity index (χ0v) is 18.4. The number of hydrazone groups is 1. The fraction of sp³-hybridized carbons (Fsp3) is 0.333. The number of rotatable bonds is 5. The smallest absolute Gasteiger partial charge is 0.271 e. The van der Waals surface area contributed by atoms with E-state index in [1.54, 1.807) is 12.1 Å². The Hall–Kier alpha value is -3.68. The molecule has 1 saturated heterocycles. The number of hydrogen-bond acceptors (Lipinski definition) is 5.